The summed E-state index contributed by atoms with van der Waals surface area (Å²) in [6.45, 7) is 6.89. The van der Waals surface area contributed by atoms with Gasteiger partial charge in [0, 0.05) is 23.7 Å². The number of carbonyl (C=O) groups excluding carboxylic acids is 1. The number of aromatic nitrogens is 4. The number of carbonyl (C=O) groups is 1. The van der Waals surface area contributed by atoms with E-state index in [1.54, 1.807) is 13.3 Å². The van der Waals surface area contributed by atoms with E-state index in [-0.39, 0.29) is 11.2 Å². The van der Waals surface area contributed by atoms with Gasteiger partial charge in [0.05, 0.1) is 12.4 Å². The number of thioether (sulfide) groups is 1. The molecule has 1 amide bonds. The van der Waals surface area contributed by atoms with E-state index >= 15 is 0 Å². The number of ether oxygens (including phenoxy) is 1. The summed E-state index contributed by atoms with van der Waals surface area (Å²) in [6.07, 6.45) is 1.66. The van der Waals surface area contributed by atoms with Gasteiger partial charge >= 0.3 is 0 Å². The summed E-state index contributed by atoms with van der Waals surface area (Å²) in [6, 6.07) is 7.75. The minimum absolute atomic E-state index is 0.109. The molecule has 28 heavy (non-hydrogen) atoms. The van der Waals surface area contributed by atoms with Gasteiger partial charge in [0.15, 0.2) is 16.1 Å². The van der Waals surface area contributed by atoms with E-state index < -0.39 is 0 Å². The average Bonchev–Trinajstić information content (AvgIpc) is 3.32. The van der Waals surface area contributed by atoms with Crippen LogP contribution < -0.4 is 10.1 Å². The lowest BCUT2D eigenvalue weighted by molar-refractivity contribution is -0.115. The Morgan fingerprint density at radius 2 is 2.14 bits per heavy atom. The van der Waals surface area contributed by atoms with Crippen molar-refractivity contribution in [1.82, 2.24) is 19.7 Å². The maximum absolute atomic E-state index is 12.5. The third-order valence-electron chi connectivity index (χ3n) is 3.91. The van der Waals surface area contributed by atoms with Crippen molar-refractivity contribution in [1.29, 1.82) is 0 Å². The number of benzene rings is 1. The average molecular weight is 418 g/mol. The first-order valence-corrected chi connectivity index (χ1v) is 10.7. The van der Waals surface area contributed by atoms with Crippen molar-refractivity contribution in [2.24, 2.45) is 5.92 Å². The minimum Gasteiger partial charge on any atom is -0.497 e. The number of rotatable bonds is 8. The zero-order chi connectivity index (χ0) is 20.1. The van der Waals surface area contributed by atoms with Crippen LogP contribution in [0.15, 0.2) is 41.0 Å². The number of nitrogens with zero attached hydrogens (tertiary/aromatic N) is 4. The van der Waals surface area contributed by atoms with Gasteiger partial charge in [0.1, 0.15) is 5.75 Å². The van der Waals surface area contributed by atoms with Gasteiger partial charge in [-0.05, 0) is 25.0 Å². The topological polar surface area (TPSA) is 81.9 Å². The molecule has 0 saturated carbocycles. The molecule has 3 rings (SSSR count). The number of nitrogens with one attached hydrogen (secondary N) is 1. The highest BCUT2D eigenvalue weighted by Gasteiger charge is 2.22. The summed E-state index contributed by atoms with van der Waals surface area (Å²) in [4.78, 5) is 16.6. The highest BCUT2D eigenvalue weighted by atomic mass is 32.2. The highest BCUT2D eigenvalue weighted by Crippen LogP contribution is 2.29. The summed E-state index contributed by atoms with van der Waals surface area (Å²) >= 11 is 2.78. The van der Waals surface area contributed by atoms with E-state index in [4.69, 9.17) is 4.74 Å². The largest absolute Gasteiger partial charge is 0.497 e. The first-order valence-electron chi connectivity index (χ1n) is 8.92. The maximum atomic E-state index is 12.5. The summed E-state index contributed by atoms with van der Waals surface area (Å²) in [5.41, 5.74) is 0.930. The fourth-order valence-electron chi connectivity index (χ4n) is 2.59. The molecule has 0 saturated heterocycles. The minimum atomic E-state index is -0.336. The van der Waals surface area contributed by atoms with Crippen LogP contribution in [0.4, 0.5) is 5.13 Å². The summed E-state index contributed by atoms with van der Waals surface area (Å²) in [5, 5.41) is 14.4. The molecule has 1 N–H and O–H groups in total. The molecule has 0 radical (unpaired) electrons. The Labute approximate surface area is 172 Å². The summed E-state index contributed by atoms with van der Waals surface area (Å²) < 4.78 is 7.40. The first kappa shape index (κ1) is 20.3. The Balaban J connectivity index is 1.84. The number of hydrogen-bond acceptors (Lipinski definition) is 7. The second kappa shape index (κ2) is 9.20. The van der Waals surface area contributed by atoms with Gasteiger partial charge in [-0.25, -0.2) is 4.98 Å². The molecule has 0 aliphatic rings. The van der Waals surface area contributed by atoms with E-state index in [2.05, 4.69) is 38.9 Å². The van der Waals surface area contributed by atoms with Crippen molar-refractivity contribution in [2.75, 3.05) is 12.4 Å². The van der Waals surface area contributed by atoms with E-state index in [0.29, 0.717) is 16.2 Å². The molecule has 2 heterocycles. The van der Waals surface area contributed by atoms with Crippen LogP contribution >= 0.6 is 23.1 Å². The molecule has 1 atom stereocenters. The molecule has 7 nitrogen and oxygen atoms in total. The van der Waals surface area contributed by atoms with Crippen molar-refractivity contribution in [3.05, 3.63) is 35.8 Å². The lowest BCUT2D eigenvalue weighted by Crippen LogP contribution is -2.23. The van der Waals surface area contributed by atoms with Crippen molar-refractivity contribution in [2.45, 2.75) is 37.7 Å². The molecule has 148 valence electrons. The van der Waals surface area contributed by atoms with Crippen LogP contribution in [0.5, 0.6) is 5.75 Å². The van der Waals surface area contributed by atoms with Crippen molar-refractivity contribution in [3.63, 3.8) is 0 Å². The van der Waals surface area contributed by atoms with Gasteiger partial charge in [-0.15, -0.1) is 21.5 Å². The number of hydrogen-bond donors (Lipinski definition) is 1. The van der Waals surface area contributed by atoms with Crippen LogP contribution in [-0.2, 0) is 11.3 Å². The van der Waals surface area contributed by atoms with Crippen molar-refractivity contribution < 1.29 is 9.53 Å². The van der Waals surface area contributed by atoms with Crippen molar-refractivity contribution >= 4 is 34.1 Å². The number of methoxy groups -OCH3 is 1. The Bertz CT molecular complexity index is 924. The third-order valence-corrected chi connectivity index (χ3v) is 5.68. The molecule has 0 aliphatic heterocycles. The van der Waals surface area contributed by atoms with Gasteiger partial charge < -0.3 is 14.6 Å². The zero-order valence-corrected chi connectivity index (χ0v) is 17.9. The Kier molecular flexibility index (Phi) is 6.69. The third kappa shape index (κ3) is 4.90. The van der Waals surface area contributed by atoms with Gasteiger partial charge in [0.2, 0.25) is 5.91 Å². The van der Waals surface area contributed by atoms with Crippen LogP contribution in [0.3, 0.4) is 0 Å². The fourth-order valence-corrected chi connectivity index (χ4v) is 3.98. The number of thiazole rings is 1. The van der Waals surface area contributed by atoms with E-state index in [1.807, 2.05) is 36.6 Å². The van der Waals surface area contributed by atoms with Gasteiger partial charge in [-0.3, -0.25) is 4.79 Å². The second-order valence-electron chi connectivity index (χ2n) is 6.63. The van der Waals surface area contributed by atoms with Crippen LogP contribution in [0.2, 0.25) is 0 Å². The highest BCUT2D eigenvalue weighted by molar-refractivity contribution is 8.00. The standard InChI is InChI=1S/C19H23N5O2S2/c1-12(2)11-24-16(14-6-5-7-15(10-14)26-4)22-23-19(24)28-13(3)17(25)21-18-20-8-9-27-18/h5-10,12-13H,11H2,1-4H3,(H,20,21,25)/t13-/m1/s1. The lowest BCUT2D eigenvalue weighted by Gasteiger charge is -2.15. The van der Waals surface area contributed by atoms with Crippen LogP contribution in [0, 0.1) is 5.92 Å². The fraction of sp³-hybridized carbons (Fsp3) is 0.368. The Morgan fingerprint density at radius 1 is 1.32 bits per heavy atom. The second-order valence-corrected chi connectivity index (χ2v) is 8.83. The van der Waals surface area contributed by atoms with Gasteiger partial charge in [-0.1, -0.05) is 37.7 Å². The molecule has 0 bridgehead atoms. The van der Waals surface area contributed by atoms with Crippen LogP contribution in [0.25, 0.3) is 11.4 Å². The predicted octanol–water partition coefficient (Wildman–Crippen LogP) is 4.19. The van der Waals surface area contributed by atoms with E-state index in [1.165, 1.54) is 23.1 Å². The maximum Gasteiger partial charge on any atom is 0.239 e. The molecule has 1 aromatic carbocycles. The summed E-state index contributed by atoms with van der Waals surface area (Å²) in [5.74, 6) is 1.82. The molecular weight excluding hydrogens is 394 g/mol. The molecule has 2 aromatic heterocycles. The lowest BCUT2D eigenvalue weighted by atomic mass is 10.2. The quantitative estimate of drug-likeness (QED) is 0.554. The van der Waals surface area contributed by atoms with Gasteiger partial charge in [0.25, 0.3) is 0 Å². The van der Waals surface area contributed by atoms with Crippen molar-refractivity contribution in [3.8, 4) is 17.1 Å². The monoisotopic (exact) mass is 417 g/mol. The predicted molar refractivity (Wildman–Crippen MR) is 113 cm³/mol. The number of anilines is 1. The Hall–Kier alpha value is -2.39. The molecule has 0 fully saturated rings. The SMILES string of the molecule is COc1cccc(-c2nnc(S[C@H](C)C(=O)Nc3nccs3)n2CC(C)C)c1. The number of amides is 1. The molecular formula is C19H23N5O2S2. The molecule has 3 aromatic rings. The Morgan fingerprint density at radius 3 is 2.82 bits per heavy atom. The molecule has 0 aliphatic carbocycles. The molecule has 9 heteroatoms. The van der Waals surface area contributed by atoms with E-state index in [9.17, 15) is 4.79 Å². The molecule has 0 unspecified atom stereocenters. The first-order chi connectivity index (χ1) is 13.5. The van der Waals surface area contributed by atoms with Crippen LogP contribution in [-0.4, -0.2) is 38.0 Å². The normalized spacial score (nSPS) is 12.2. The smallest absolute Gasteiger partial charge is 0.239 e. The van der Waals surface area contributed by atoms with E-state index in [0.717, 1.165) is 23.7 Å². The molecule has 0 spiro atoms. The zero-order valence-electron chi connectivity index (χ0n) is 16.2. The van der Waals surface area contributed by atoms with Gasteiger partial charge in [-0.2, -0.15) is 0 Å². The summed E-state index contributed by atoms with van der Waals surface area (Å²) in [7, 11) is 1.64. The van der Waals surface area contributed by atoms with Crippen LogP contribution in [0.1, 0.15) is 20.8 Å².